The molecule has 8 nitrogen and oxygen atoms in total. The standard InChI is InChI=1S/C29H36N3O5PSi/c1-27(2,3)28(37-39(4)5,21-36-38(33,34)35)25-30-26(32-31-25)29(22-15-9-6-10-16-22,23-17-11-7-12-18-23)24-19-13-8-14-20-24/h6-20,39H,21H2,1-5H3,(H,30,31,32)(H2,33,34,35). The van der Waals surface area contributed by atoms with Crippen LogP contribution in [0, 0.1) is 5.41 Å². The SMILES string of the molecule is C[SiH](C)OC(COP(=O)(O)O)(c1n[nH]c(C(c2ccccc2)(c2ccccc2)c2ccccc2)n1)C(C)(C)C. The zero-order valence-electron chi connectivity index (χ0n) is 22.9. The number of hydrogen-bond donors (Lipinski definition) is 3. The molecule has 1 aromatic heterocycles. The maximum atomic E-state index is 11.8. The molecule has 4 rings (SSSR count). The Bertz CT molecular complexity index is 1310. The first-order valence-corrected chi connectivity index (χ1v) is 17.2. The minimum absolute atomic E-state index is 0.284. The summed E-state index contributed by atoms with van der Waals surface area (Å²) in [7, 11) is -6.58. The molecule has 0 radical (unpaired) electrons. The van der Waals surface area contributed by atoms with Crippen molar-refractivity contribution in [1.29, 1.82) is 0 Å². The summed E-state index contributed by atoms with van der Waals surface area (Å²) in [5, 5.41) is 7.89. The van der Waals surface area contributed by atoms with E-state index in [-0.39, 0.29) is 5.82 Å². The van der Waals surface area contributed by atoms with Crippen molar-refractivity contribution < 1.29 is 23.3 Å². The van der Waals surface area contributed by atoms with Gasteiger partial charge in [-0.2, -0.15) is 5.10 Å². The number of nitrogens with zero attached hydrogens (tertiary/aromatic N) is 2. The van der Waals surface area contributed by atoms with Gasteiger partial charge >= 0.3 is 7.82 Å². The van der Waals surface area contributed by atoms with Crippen molar-refractivity contribution in [2.75, 3.05) is 6.61 Å². The first-order chi connectivity index (χ1) is 18.4. The lowest BCUT2D eigenvalue weighted by atomic mass is 9.68. The lowest BCUT2D eigenvalue weighted by molar-refractivity contribution is -0.0856. The largest absolute Gasteiger partial charge is 0.469 e. The molecular weight excluding hydrogens is 529 g/mol. The first kappa shape index (κ1) is 29.1. The summed E-state index contributed by atoms with van der Waals surface area (Å²) < 4.78 is 23.5. The zero-order chi connectivity index (χ0) is 28.3. The molecule has 0 spiro atoms. The number of H-pyrrole nitrogens is 1. The Morgan fingerprint density at radius 1 is 0.821 bits per heavy atom. The second-order valence-corrected chi connectivity index (χ2v) is 14.4. The highest BCUT2D eigenvalue weighted by Crippen LogP contribution is 2.48. The van der Waals surface area contributed by atoms with Crippen LogP contribution >= 0.6 is 7.82 Å². The van der Waals surface area contributed by atoms with Crippen LogP contribution in [0.15, 0.2) is 91.0 Å². The fraction of sp³-hybridized carbons (Fsp3) is 0.310. The van der Waals surface area contributed by atoms with Gasteiger partial charge in [-0.15, -0.1) is 0 Å². The Labute approximate surface area is 231 Å². The maximum Gasteiger partial charge on any atom is 0.469 e. The van der Waals surface area contributed by atoms with Gasteiger partial charge in [-0.05, 0) is 35.2 Å². The highest BCUT2D eigenvalue weighted by molar-refractivity contribution is 7.46. The van der Waals surface area contributed by atoms with Crippen LogP contribution in [0.3, 0.4) is 0 Å². The van der Waals surface area contributed by atoms with Crippen molar-refractivity contribution in [3.63, 3.8) is 0 Å². The van der Waals surface area contributed by atoms with Crippen molar-refractivity contribution in [2.45, 2.75) is 44.9 Å². The third-order valence-corrected chi connectivity index (χ3v) is 8.25. The van der Waals surface area contributed by atoms with E-state index < -0.39 is 39.9 Å². The van der Waals surface area contributed by atoms with Crippen LogP contribution in [-0.4, -0.2) is 40.6 Å². The van der Waals surface area contributed by atoms with Crippen molar-refractivity contribution in [2.24, 2.45) is 5.41 Å². The summed E-state index contributed by atoms with van der Waals surface area (Å²) >= 11 is 0. The molecule has 3 aromatic carbocycles. The van der Waals surface area contributed by atoms with Gasteiger partial charge in [0.2, 0.25) is 0 Å². The molecule has 39 heavy (non-hydrogen) atoms. The Morgan fingerprint density at radius 3 is 1.62 bits per heavy atom. The normalized spacial score (nSPS) is 14.4. The number of benzene rings is 3. The zero-order valence-corrected chi connectivity index (χ0v) is 25.0. The lowest BCUT2D eigenvalue weighted by Crippen LogP contribution is -2.49. The quantitative estimate of drug-likeness (QED) is 0.131. The van der Waals surface area contributed by atoms with Crippen molar-refractivity contribution in [1.82, 2.24) is 15.2 Å². The fourth-order valence-electron chi connectivity index (χ4n) is 5.04. The topological polar surface area (TPSA) is 118 Å². The number of phosphoric acid groups is 1. The van der Waals surface area contributed by atoms with E-state index in [1.54, 1.807) is 0 Å². The van der Waals surface area contributed by atoms with Crippen LogP contribution < -0.4 is 0 Å². The predicted molar refractivity (Wildman–Crippen MR) is 154 cm³/mol. The molecule has 0 saturated carbocycles. The average Bonchev–Trinajstić information content (AvgIpc) is 3.38. The van der Waals surface area contributed by atoms with Crippen molar-refractivity contribution in [3.05, 3.63) is 119 Å². The van der Waals surface area contributed by atoms with Gasteiger partial charge in [0.15, 0.2) is 14.9 Å². The van der Waals surface area contributed by atoms with Crippen molar-refractivity contribution >= 4 is 16.9 Å². The predicted octanol–water partition coefficient (Wildman–Crippen LogP) is 5.54. The summed E-state index contributed by atoms with van der Waals surface area (Å²) in [5.41, 5.74) is 0.0940. The molecule has 0 aliphatic rings. The summed E-state index contributed by atoms with van der Waals surface area (Å²) in [4.78, 5) is 24.3. The molecule has 3 N–H and O–H groups in total. The fourth-order valence-corrected chi connectivity index (χ4v) is 6.72. The van der Waals surface area contributed by atoms with Gasteiger partial charge in [-0.1, -0.05) is 112 Å². The number of rotatable bonds is 10. The monoisotopic (exact) mass is 565 g/mol. The molecule has 1 atom stereocenters. The average molecular weight is 566 g/mol. The molecule has 1 unspecified atom stereocenters. The molecular formula is C29H36N3O5PSi. The van der Waals surface area contributed by atoms with E-state index in [1.165, 1.54) is 0 Å². The number of phosphoric ester groups is 1. The second kappa shape index (κ2) is 11.3. The molecule has 0 aliphatic heterocycles. The van der Waals surface area contributed by atoms with E-state index in [2.05, 4.69) is 46.6 Å². The summed E-state index contributed by atoms with van der Waals surface area (Å²) in [6, 6.07) is 30.3. The molecule has 0 fully saturated rings. The minimum Gasteiger partial charge on any atom is -0.406 e. The number of nitrogens with one attached hydrogen (secondary N) is 1. The summed E-state index contributed by atoms with van der Waals surface area (Å²) in [5.74, 6) is 0.840. The molecule has 0 aliphatic carbocycles. The van der Waals surface area contributed by atoms with Crippen LogP contribution in [0.25, 0.3) is 0 Å². The van der Waals surface area contributed by atoms with Gasteiger partial charge < -0.3 is 14.2 Å². The van der Waals surface area contributed by atoms with Crippen molar-refractivity contribution in [3.8, 4) is 0 Å². The Kier molecular flexibility index (Phi) is 8.42. The smallest absolute Gasteiger partial charge is 0.406 e. The maximum absolute atomic E-state index is 11.8. The van der Waals surface area contributed by atoms with Crippen LogP contribution in [0.5, 0.6) is 0 Å². The third kappa shape index (κ3) is 5.84. The Balaban J connectivity index is 2.03. The molecule has 0 bridgehead atoms. The van der Waals surface area contributed by atoms with Crippen LogP contribution in [-0.2, 0) is 24.5 Å². The van der Waals surface area contributed by atoms with E-state index >= 15 is 0 Å². The third-order valence-electron chi connectivity index (χ3n) is 6.91. The second-order valence-electron chi connectivity index (χ2n) is 10.9. The highest BCUT2D eigenvalue weighted by Gasteiger charge is 2.51. The highest BCUT2D eigenvalue weighted by atomic mass is 31.2. The van der Waals surface area contributed by atoms with Gasteiger partial charge in [0.1, 0.15) is 16.8 Å². The van der Waals surface area contributed by atoms with E-state index in [0.717, 1.165) is 16.7 Å². The van der Waals surface area contributed by atoms with Crippen LogP contribution in [0.1, 0.15) is 49.1 Å². The van der Waals surface area contributed by atoms with Crippen LogP contribution in [0.2, 0.25) is 13.1 Å². The first-order valence-electron chi connectivity index (χ1n) is 12.9. The Morgan fingerprint density at radius 2 is 1.26 bits per heavy atom. The lowest BCUT2D eigenvalue weighted by Gasteiger charge is -2.43. The molecule has 0 saturated heterocycles. The van der Waals surface area contributed by atoms with Crippen LogP contribution in [0.4, 0.5) is 0 Å². The number of aromatic amines is 1. The van der Waals surface area contributed by atoms with E-state index in [9.17, 15) is 14.4 Å². The summed E-state index contributed by atoms with van der Waals surface area (Å²) in [6.07, 6.45) is 0. The van der Waals surface area contributed by atoms with Gasteiger partial charge in [0.25, 0.3) is 0 Å². The van der Waals surface area contributed by atoms with Gasteiger partial charge in [-0.3, -0.25) is 9.62 Å². The molecule has 0 amide bonds. The van der Waals surface area contributed by atoms with Gasteiger partial charge in [0, 0.05) is 0 Å². The molecule has 4 aromatic rings. The van der Waals surface area contributed by atoms with Gasteiger partial charge in [0.05, 0.1) is 6.61 Å². The molecule has 1 heterocycles. The van der Waals surface area contributed by atoms with E-state index in [4.69, 9.17) is 13.9 Å². The minimum atomic E-state index is -4.80. The summed E-state index contributed by atoms with van der Waals surface area (Å²) in [6.45, 7) is 9.38. The molecule has 10 heteroatoms. The number of hydrogen-bond acceptors (Lipinski definition) is 5. The van der Waals surface area contributed by atoms with E-state index in [0.29, 0.717) is 5.82 Å². The Hall–Kier alpha value is -2.91. The molecule has 206 valence electrons. The number of aromatic nitrogens is 3. The van der Waals surface area contributed by atoms with E-state index in [1.807, 2.05) is 88.5 Å². The van der Waals surface area contributed by atoms with Gasteiger partial charge in [-0.25, -0.2) is 9.55 Å².